The topological polar surface area (TPSA) is 38.9 Å². The molecule has 3 nitrogen and oxygen atoms in total. The van der Waals surface area contributed by atoms with E-state index in [9.17, 15) is 0 Å². The largest absolute Gasteiger partial charge is 0.243 e. The molecule has 0 N–H and O–H groups in total. The van der Waals surface area contributed by atoms with Gasteiger partial charge in [0.2, 0.25) is 0 Å². The molecule has 1 aromatic heterocycles. The molecule has 1 aromatic rings. The molecule has 0 spiro atoms. The Kier molecular flexibility index (Phi) is 1.41. The van der Waals surface area contributed by atoms with Gasteiger partial charge in [0, 0.05) is 5.92 Å². The lowest BCUT2D eigenvalue weighted by Crippen LogP contribution is -1.80. The minimum atomic E-state index is 0.647. The summed E-state index contributed by atoms with van der Waals surface area (Å²) in [6, 6.07) is 0. The zero-order valence-electron chi connectivity index (χ0n) is 5.70. The summed E-state index contributed by atoms with van der Waals surface area (Å²) in [6.07, 6.45) is 4.50. The van der Waals surface area contributed by atoms with Crippen LogP contribution in [0, 0.1) is 0 Å². The SMILES string of the molecule is CSc1nonc1C1CC1. The molecule has 2 rings (SSSR count). The van der Waals surface area contributed by atoms with Crippen molar-refractivity contribution in [2.24, 2.45) is 0 Å². The number of thioether (sulfide) groups is 1. The Hall–Kier alpha value is -0.510. The van der Waals surface area contributed by atoms with Crippen LogP contribution < -0.4 is 0 Å². The molecule has 1 fully saturated rings. The van der Waals surface area contributed by atoms with Crippen molar-refractivity contribution in [3.05, 3.63) is 5.69 Å². The fourth-order valence-electron chi connectivity index (χ4n) is 0.935. The predicted molar refractivity (Wildman–Crippen MR) is 38.1 cm³/mol. The van der Waals surface area contributed by atoms with E-state index in [0.717, 1.165) is 10.7 Å². The fourth-order valence-corrected chi connectivity index (χ4v) is 1.46. The van der Waals surface area contributed by atoms with E-state index >= 15 is 0 Å². The zero-order chi connectivity index (χ0) is 6.97. The number of rotatable bonds is 2. The summed E-state index contributed by atoms with van der Waals surface area (Å²) in [5.41, 5.74) is 1.06. The van der Waals surface area contributed by atoms with Gasteiger partial charge in [-0.15, -0.1) is 11.8 Å². The van der Waals surface area contributed by atoms with Crippen LogP contribution >= 0.6 is 11.8 Å². The first-order valence-electron chi connectivity index (χ1n) is 3.28. The van der Waals surface area contributed by atoms with Gasteiger partial charge in [0.1, 0.15) is 5.69 Å². The first-order valence-corrected chi connectivity index (χ1v) is 4.50. The van der Waals surface area contributed by atoms with Crippen molar-refractivity contribution in [2.75, 3.05) is 6.26 Å². The average Bonchev–Trinajstić information content (AvgIpc) is 2.69. The van der Waals surface area contributed by atoms with E-state index in [1.165, 1.54) is 12.8 Å². The molecule has 0 unspecified atom stereocenters. The third-order valence-electron chi connectivity index (χ3n) is 1.64. The number of hydrogen-bond acceptors (Lipinski definition) is 4. The lowest BCUT2D eigenvalue weighted by Gasteiger charge is -1.87. The standard InChI is InChI=1S/C6H8N2OS/c1-10-6-5(4-2-3-4)7-9-8-6/h4H,2-3H2,1H3. The molecule has 0 bridgehead atoms. The van der Waals surface area contributed by atoms with Gasteiger partial charge in [0.05, 0.1) is 0 Å². The number of aromatic nitrogens is 2. The van der Waals surface area contributed by atoms with Crippen molar-refractivity contribution in [1.29, 1.82) is 0 Å². The van der Waals surface area contributed by atoms with Gasteiger partial charge in [-0.3, -0.25) is 0 Å². The van der Waals surface area contributed by atoms with Gasteiger partial charge in [-0.25, -0.2) is 4.63 Å². The average molecular weight is 156 g/mol. The Balaban J connectivity index is 2.28. The maximum absolute atomic E-state index is 4.62. The van der Waals surface area contributed by atoms with Crippen LogP contribution in [0.15, 0.2) is 9.65 Å². The minimum absolute atomic E-state index is 0.647. The van der Waals surface area contributed by atoms with Crippen LogP contribution in [0.4, 0.5) is 0 Å². The predicted octanol–water partition coefficient (Wildman–Crippen LogP) is 1.67. The molecule has 0 aromatic carbocycles. The van der Waals surface area contributed by atoms with Crippen molar-refractivity contribution in [2.45, 2.75) is 23.8 Å². The second kappa shape index (κ2) is 2.27. The minimum Gasteiger partial charge on any atom is -0.243 e. The maximum atomic E-state index is 4.62. The van der Waals surface area contributed by atoms with Crippen LogP contribution in [0.5, 0.6) is 0 Å². The quantitative estimate of drug-likeness (QED) is 0.610. The molecule has 4 heteroatoms. The van der Waals surface area contributed by atoms with Crippen molar-refractivity contribution in [3.63, 3.8) is 0 Å². The molecule has 0 amide bonds. The van der Waals surface area contributed by atoms with Crippen molar-refractivity contribution < 1.29 is 4.63 Å². The Morgan fingerprint density at radius 1 is 1.50 bits per heavy atom. The van der Waals surface area contributed by atoms with Crippen LogP contribution in [-0.4, -0.2) is 16.6 Å². The number of nitrogens with zero attached hydrogens (tertiary/aromatic N) is 2. The maximum Gasteiger partial charge on any atom is 0.164 e. The monoisotopic (exact) mass is 156 g/mol. The van der Waals surface area contributed by atoms with E-state index in [1.807, 2.05) is 6.26 Å². The summed E-state index contributed by atoms with van der Waals surface area (Å²) in [6.45, 7) is 0. The van der Waals surface area contributed by atoms with Crippen LogP contribution in [0.25, 0.3) is 0 Å². The van der Waals surface area contributed by atoms with E-state index in [-0.39, 0.29) is 0 Å². The molecular weight excluding hydrogens is 148 g/mol. The van der Waals surface area contributed by atoms with E-state index in [0.29, 0.717) is 5.92 Å². The highest BCUT2D eigenvalue weighted by Gasteiger charge is 2.30. The van der Waals surface area contributed by atoms with E-state index in [2.05, 4.69) is 14.9 Å². The van der Waals surface area contributed by atoms with E-state index in [4.69, 9.17) is 0 Å². The molecule has 0 aliphatic heterocycles. The van der Waals surface area contributed by atoms with E-state index < -0.39 is 0 Å². The smallest absolute Gasteiger partial charge is 0.164 e. The van der Waals surface area contributed by atoms with Crippen LogP contribution in [0.3, 0.4) is 0 Å². The van der Waals surface area contributed by atoms with Gasteiger partial charge in [-0.05, 0) is 24.3 Å². The zero-order valence-corrected chi connectivity index (χ0v) is 6.52. The van der Waals surface area contributed by atoms with Gasteiger partial charge in [-0.2, -0.15) is 0 Å². The third-order valence-corrected chi connectivity index (χ3v) is 2.31. The first-order chi connectivity index (χ1) is 4.92. The molecule has 0 atom stereocenters. The molecule has 1 saturated carbocycles. The van der Waals surface area contributed by atoms with Gasteiger partial charge < -0.3 is 0 Å². The van der Waals surface area contributed by atoms with Crippen LogP contribution in [0.1, 0.15) is 24.5 Å². The summed E-state index contributed by atoms with van der Waals surface area (Å²) in [7, 11) is 0. The Labute approximate surface area is 63.1 Å². The molecular formula is C6H8N2OS. The summed E-state index contributed by atoms with van der Waals surface area (Å²) in [5.74, 6) is 0.647. The summed E-state index contributed by atoms with van der Waals surface area (Å²) >= 11 is 1.60. The summed E-state index contributed by atoms with van der Waals surface area (Å²) in [5, 5.41) is 8.58. The van der Waals surface area contributed by atoms with Gasteiger partial charge >= 0.3 is 0 Å². The summed E-state index contributed by atoms with van der Waals surface area (Å²) < 4.78 is 4.62. The van der Waals surface area contributed by atoms with Crippen LogP contribution in [-0.2, 0) is 0 Å². The van der Waals surface area contributed by atoms with Crippen molar-refractivity contribution in [1.82, 2.24) is 10.3 Å². The molecule has 1 aliphatic rings. The second-order valence-electron chi connectivity index (χ2n) is 2.43. The number of hydrogen-bond donors (Lipinski definition) is 0. The Morgan fingerprint density at radius 2 is 2.30 bits per heavy atom. The van der Waals surface area contributed by atoms with Crippen LogP contribution in [0.2, 0.25) is 0 Å². The highest BCUT2D eigenvalue weighted by atomic mass is 32.2. The third kappa shape index (κ3) is 0.923. The molecule has 54 valence electrons. The molecule has 1 heterocycles. The Morgan fingerprint density at radius 3 is 2.90 bits per heavy atom. The highest BCUT2D eigenvalue weighted by Crippen LogP contribution is 2.41. The van der Waals surface area contributed by atoms with Gasteiger partial charge in [-0.1, -0.05) is 5.16 Å². The first kappa shape index (κ1) is 6.22. The van der Waals surface area contributed by atoms with Gasteiger partial charge in [0.15, 0.2) is 5.03 Å². The molecule has 0 saturated heterocycles. The molecule has 10 heavy (non-hydrogen) atoms. The normalized spacial score (nSPS) is 17.7. The lowest BCUT2D eigenvalue weighted by molar-refractivity contribution is 0.296. The van der Waals surface area contributed by atoms with E-state index in [1.54, 1.807) is 11.8 Å². The Bertz CT molecular complexity index is 231. The highest BCUT2D eigenvalue weighted by molar-refractivity contribution is 7.98. The fraction of sp³-hybridized carbons (Fsp3) is 0.667. The van der Waals surface area contributed by atoms with Crippen molar-refractivity contribution >= 4 is 11.8 Å². The lowest BCUT2D eigenvalue weighted by atomic mass is 10.3. The second-order valence-corrected chi connectivity index (χ2v) is 3.23. The van der Waals surface area contributed by atoms with Crippen molar-refractivity contribution in [3.8, 4) is 0 Å². The molecule has 1 aliphatic carbocycles. The molecule has 0 radical (unpaired) electrons. The summed E-state index contributed by atoms with van der Waals surface area (Å²) in [4.78, 5) is 0. The van der Waals surface area contributed by atoms with Gasteiger partial charge in [0.25, 0.3) is 0 Å².